The van der Waals surface area contributed by atoms with Gasteiger partial charge in [0.2, 0.25) is 10.0 Å². The second-order valence-electron chi connectivity index (χ2n) is 5.12. The normalized spacial score (nSPS) is 12.7. The van der Waals surface area contributed by atoms with Gasteiger partial charge in [-0.3, -0.25) is 0 Å². The molecule has 2 N–H and O–H groups in total. The van der Waals surface area contributed by atoms with Crippen molar-refractivity contribution in [3.63, 3.8) is 0 Å². The van der Waals surface area contributed by atoms with Gasteiger partial charge in [-0.05, 0) is 38.0 Å². The highest BCUT2D eigenvalue weighted by molar-refractivity contribution is 7.89. The summed E-state index contributed by atoms with van der Waals surface area (Å²) in [5.41, 5.74) is 0.466. The first kappa shape index (κ1) is 16.1. The third-order valence-electron chi connectivity index (χ3n) is 2.77. The number of hydrogen-bond donors (Lipinski definition) is 2. The molecular formula is C13H21NO4S. The molecule has 1 aromatic carbocycles. The molecule has 5 nitrogen and oxygen atoms in total. The molecule has 0 fully saturated rings. The average Bonchev–Trinajstić information content (AvgIpc) is 2.27. The van der Waals surface area contributed by atoms with Gasteiger partial charge in [-0.1, -0.05) is 12.1 Å². The standard InChI is InChI=1S/C13H21NO4S/c1-10-11(8-15)6-5-7-12(10)19(16,17)14-13(2,3)9-18-4/h5-7,14-15H,8-9H2,1-4H3. The van der Waals surface area contributed by atoms with E-state index in [1.54, 1.807) is 32.9 Å². The van der Waals surface area contributed by atoms with Gasteiger partial charge < -0.3 is 9.84 Å². The number of ether oxygens (including phenoxy) is 1. The molecule has 0 aliphatic heterocycles. The molecule has 0 spiro atoms. The van der Waals surface area contributed by atoms with Gasteiger partial charge in [0.1, 0.15) is 0 Å². The van der Waals surface area contributed by atoms with Gasteiger partial charge >= 0.3 is 0 Å². The highest BCUT2D eigenvalue weighted by Gasteiger charge is 2.27. The van der Waals surface area contributed by atoms with Gasteiger partial charge in [0.25, 0.3) is 0 Å². The van der Waals surface area contributed by atoms with Crippen LogP contribution in [0.15, 0.2) is 23.1 Å². The highest BCUT2D eigenvalue weighted by atomic mass is 32.2. The Hall–Kier alpha value is -0.950. The number of sulfonamides is 1. The fraction of sp³-hybridized carbons (Fsp3) is 0.538. The molecule has 108 valence electrons. The molecule has 1 aromatic rings. The third kappa shape index (κ3) is 4.01. The van der Waals surface area contributed by atoms with Crippen LogP contribution >= 0.6 is 0 Å². The molecule has 0 amide bonds. The Morgan fingerprint density at radius 1 is 1.37 bits per heavy atom. The van der Waals surface area contributed by atoms with Crippen LogP contribution in [-0.2, 0) is 21.4 Å². The van der Waals surface area contributed by atoms with Crippen molar-refractivity contribution in [3.05, 3.63) is 29.3 Å². The fourth-order valence-corrected chi connectivity index (χ4v) is 3.62. The molecule has 0 aromatic heterocycles. The summed E-state index contributed by atoms with van der Waals surface area (Å²) in [7, 11) is -2.12. The van der Waals surface area contributed by atoms with Crippen LogP contribution in [0.1, 0.15) is 25.0 Å². The number of aliphatic hydroxyl groups is 1. The van der Waals surface area contributed by atoms with Gasteiger partial charge in [-0.15, -0.1) is 0 Å². The summed E-state index contributed by atoms with van der Waals surface area (Å²) in [6.07, 6.45) is 0. The van der Waals surface area contributed by atoms with Crippen LogP contribution < -0.4 is 4.72 Å². The molecular weight excluding hydrogens is 266 g/mol. The Kier molecular flexibility index (Phi) is 5.09. The average molecular weight is 287 g/mol. The predicted molar refractivity (Wildman–Crippen MR) is 73.4 cm³/mol. The summed E-state index contributed by atoms with van der Waals surface area (Å²) in [6.45, 7) is 5.27. The van der Waals surface area contributed by atoms with Crippen LogP contribution in [0.3, 0.4) is 0 Å². The van der Waals surface area contributed by atoms with E-state index in [9.17, 15) is 13.5 Å². The van der Waals surface area contributed by atoms with Crippen LogP contribution in [0.25, 0.3) is 0 Å². The quantitative estimate of drug-likeness (QED) is 0.824. The summed E-state index contributed by atoms with van der Waals surface area (Å²) in [5.74, 6) is 0. The molecule has 0 saturated carbocycles. The molecule has 0 unspecified atom stereocenters. The van der Waals surface area contributed by atoms with Crippen LogP contribution in [0.2, 0.25) is 0 Å². The zero-order valence-electron chi connectivity index (χ0n) is 11.7. The first-order chi connectivity index (χ1) is 8.73. The topological polar surface area (TPSA) is 75.6 Å². The monoisotopic (exact) mass is 287 g/mol. The minimum absolute atomic E-state index is 0.184. The number of benzene rings is 1. The van der Waals surface area contributed by atoms with Crippen molar-refractivity contribution in [2.24, 2.45) is 0 Å². The van der Waals surface area contributed by atoms with Crippen LogP contribution in [0, 0.1) is 6.92 Å². The molecule has 0 atom stereocenters. The summed E-state index contributed by atoms with van der Waals surface area (Å²) >= 11 is 0. The first-order valence-corrected chi connectivity index (χ1v) is 7.44. The molecule has 1 rings (SSSR count). The predicted octanol–water partition coefficient (Wildman–Crippen LogP) is 1.19. The Labute approximate surface area is 114 Å². The van der Waals surface area contributed by atoms with E-state index >= 15 is 0 Å². The smallest absolute Gasteiger partial charge is 0.241 e. The summed E-state index contributed by atoms with van der Waals surface area (Å²) < 4.78 is 32.3. The van der Waals surface area contributed by atoms with E-state index in [0.717, 1.165) is 0 Å². The van der Waals surface area contributed by atoms with Gasteiger partial charge in [-0.2, -0.15) is 0 Å². The molecule has 0 heterocycles. The Bertz CT molecular complexity index is 538. The maximum atomic E-state index is 12.4. The van der Waals surface area contributed by atoms with Crippen LogP contribution in [-0.4, -0.2) is 32.8 Å². The minimum atomic E-state index is -3.64. The van der Waals surface area contributed by atoms with Gasteiger partial charge in [0.05, 0.1) is 23.6 Å². The maximum Gasteiger partial charge on any atom is 0.241 e. The first-order valence-electron chi connectivity index (χ1n) is 5.96. The lowest BCUT2D eigenvalue weighted by Crippen LogP contribution is -2.46. The number of nitrogens with one attached hydrogen (secondary N) is 1. The second kappa shape index (κ2) is 6.00. The fourth-order valence-electron chi connectivity index (χ4n) is 1.93. The summed E-state index contributed by atoms with van der Waals surface area (Å²) in [5, 5.41) is 9.19. The summed E-state index contributed by atoms with van der Waals surface area (Å²) in [4.78, 5) is 0.184. The lowest BCUT2D eigenvalue weighted by atomic mass is 10.1. The molecule has 0 aliphatic carbocycles. The van der Waals surface area contributed by atoms with E-state index in [-0.39, 0.29) is 18.1 Å². The highest BCUT2D eigenvalue weighted by Crippen LogP contribution is 2.20. The minimum Gasteiger partial charge on any atom is -0.392 e. The third-order valence-corrected chi connectivity index (χ3v) is 4.61. The van der Waals surface area contributed by atoms with Crippen molar-refractivity contribution in [2.45, 2.75) is 37.8 Å². The van der Waals surface area contributed by atoms with Crippen LogP contribution in [0.4, 0.5) is 0 Å². The second-order valence-corrected chi connectivity index (χ2v) is 6.77. The van der Waals surface area contributed by atoms with Crippen molar-refractivity contribution in [2.75, 3.05) is 13.7 Å². The zero-order chi connectivity index (χ0) is 14.7. The van der Waals surface area contributed by atoms with Crippen molar-refractivity contribution in [1.82, 2.24) is 4.72 Å². The van der Waals surface area contributed by atoms with Crippen molar-refractivity contribution in [1.29, 1.82) is 0 Å². The number of methoxy groups -OCH3 is 1. The molecule has 0 bridgehead atoms. The Morgan fingerprint density at radius 2 is 2.00 bits per heavy atom. The number of hydrogen-bond acceptors (Lipinski definition) is 4. The van der Waals surface area contributed by atoms with Gasteiger partial charge in [-0.25, -0.2) is 13.1 Å². The Balaban J connectivity index is 3.15. The molecule has 0 radical (unpaired) electrons. The number of rotatable bonds is 6. The van der Waals surface area contributed by atoms with E-state index in [4.69, 9.17) is 4.74 Å². The van der Waals surface area contributed by atoms with E-state index in [1.807, 2.05) is 0 Å². The SMILES string of the molecule is COCC(C)(C)NS(=O)(=O)c1cccc(CO)c1C. The van der Waals surface area contributed by atoms with E-state index in [0.29, 0.717) is 11.1 Å². The molecule has 19 heavy (non-hydrogen) atoms. The number of aliphatic hydroxyl groups excluding tert-OH is 1. The zero-order valence-corrected chi connectivity index (χ0v) is 12.5. The molecule has 0 saturated heterocycles. The van der Waals surface area contributed by atoms with Crippen molar-refractivity contribution >= 4 is 10.0 Å². The van der Waals surface area contributed by atoms with Crippen molar-refractivity contribution in [3.8, 4) is 0 Å². The molecule has 6 heteroatoms. The summed E-state index contributed by atoms with van der Waals surface area (Å²) in [6, 6.07) is 4.85. The van der Waals surface area contributed by atoms with Gasteiger partial charge in [0, 0.05) is 7.11 Å². The van der Waals surface area contributed by atoms with E-state index in [2.05, 4.69) is 4.72 Å². The molecule has 0 aliphatic rings. The Morgan fingerprint density at radius 3 is 2.53 bits per heavy atom. The van der Waals surface area contributed by atoms with E-state index in [1.165, 1.54) is 13.2 Å². The van der Waals surface area contributed by atoms with Crippen LogP contribution in [0.5, 0.6) is 0 Å². The van der Waals surface area contributed by atoms with Crippen molar-refractivity contribution < 1.29 is 18.3 Å². The van der Waals surface area contributed by atoms with E-state index < -0.39 is 15.6 Å². The largest absolute Gasteiger partial charge is 0.392 e. The van der Waals surface area contributed by atoms with Gasteiger partial charge in [0.15, 0.2) is 0 Å². The lowest BCUT2D eigenvalue weighted by molar-refractivity contribution is 0.141. The maximum absolute atomic E-state index is 12.4. The lowest BCUT2D eigenvalue weighted by Gasteiger charge is -2.25.